The van der Waals surface area contributed by atoms with E-state index in [0.717, 1.165) is 17.8 Å². The number of nitrogens with two attached hydrogens (primary N) is 1. The summed E-state index contributed by atoms with van der Waals surface area (Å²) in [6.07, 6.45) is 8.52. The van der Waals surface area contributed by atoms with E-state index in [1.54, 1.807) is 0 Å². The zero-order valence-corrected chi connectivity index (χ0v) is 11.3. The van der Waals surface area contributed by atoms with Crippen molar-refractivity contribution in [2.75, 3.05) is 0 Å². The second kappa shape index (κ2) is 3.84. The largest absolute Gasteiger partial charge is 0.366 e. The average molecular weight is 255 g/mol. The van der Waals surface area contributed by atoms with Gasteiger partial charge in [-0.3, -0.25) is 4.79 Å². The molecule has 100 valence electrons. The van der Waals surface area contributed by atoms with Crippen LogP contribution in [0.2, 0.25) is 0 Å². The van der Waals surface area contributed by atoms with Crippen LogP contribution in [0.15, 0.2) is 24.3 Å². The van der Waals surface area contributed by atoms with Gasteiger partial charge in [-0.1, -0.05) is 12.1 Å². The Morgan fingerprint density at radius 2 is 1.42 bits per heavy atom. The van der Waals surface area contributed by atoms with Gasteiger partial charge in [0.2, 0.25) is 5.91 Å². The molecule has 4 aliphatic rings. The summed E-state index contributed by atoms with van der Waals surface area (Å²) in [6.45, 7) is 0. The number of hydrogen-bond donors (Lipinski definition) is 1. The van der Waals surface area contributed by atoms with Crippen molar-refractivity contribution in [3.05, 3.63) is 35.4 Å². The molecule has 0 saturated heterocycles. The zero-order valence-electron chi connectivity index (χ0n) is 11.3. The van der Waals surface area contributed by atoms with Gasteiger partial charge in [-0.25, -0.2) is 0 Å². The monoisotopic (exact) mass is 255 g/mol. The van der Waals surface area contributed by atoms with E-state index in [4.69, 9.17) is 5.73 Å². The topological polar surface area (TPSA) is 43.1 Å². The molecular formula is C17H21NO. The molecule has 1 aromatic rings. The van der Waals surface area contributed by atoms with Gasteiger partial charge < -0.3 is 5.73 Å². The van der Waals surface area contributed by atoms with E-state index < -0.39 is 0 Å². The third kappa shape index (κ3) is 1.73. The van der Waals surface area contributed by atoms with Crippen molar-refractivity contribution < 1.29 is 4.79 Å². The van der Waals surface area contributed by atoms with Crippen LogP contribution in [0.3, 0.4) is 0 Å². The van der Waals surface area contributed by atoms with Gasteiger partial charge in [0.25, 0.3) is 0 Å². The Kier molecular flexibility index (Phi) is 2.33. The molecular weight excluding hydrogens is 234 g/mol. The van der Waals surface area contributed by atoms with Crippen LogP contribution in [0, 0.1) is 17.8 Å². The fraction of sp³-hybridized carbons (Fsp3) is 0.588. The predicted molar refractivity (Wildman–Crippen MR) is 74.8 cm³/mol. The standard InChI is InChI=1S/C17H21NO/c18-16(19)14-1-3-15(4-2-14)17-8-11-5-12(9-17)7-13(6-11)10-17/h1-4,11-13H,5-10H2,(H2,18,19). The van der Waals surface area contributed by atoms with Crippen molar-refractivity contribution in [3.8, 4) is 0 Å². The van der Waals surface area contributed by atoms with Crippen molar-refractivity contribution in [3.63, 3.8) is 0 Å². The molecule has 0 heterocycles. The van der Waals surface area contributed by atoms with Crippen LogP contribution >= 0.6 is 0 Å². The predicted octanol–water partition coefficient (Wildman–Crippen LogP) is 3.25. The summed E-state index contributed by atoms with van der Waals surface area (Å²) in [4.78, 5) is 11.2. The lowest BCUT2D eigenvalue weighted by Crippen LogP contribution is -2.48. The quantitative estimate of drug-likeness (QED) is 0.866. The molecule has 4 aliphatic carbocycles. The van der Waals surface area contributed by atoms with Gasteiger partial charge in [-0.2, -0.15) is 0 Å². The van der Waals surface area contributed by atoms with Crippen LogP contribution < -0.4 is 5.73 Å². The lowest BCUT2D eigenvalue weighted by atomic mass is 9.48. The van der Waals surface area contributed by atoms with E-state index >= 15 is 0 Å². The molecule has 2 N–H and O–H groups in total. The van der Waals surface area contributed by atoms with Crippen LogP contribution in [0.25, 0.3) is 0 Å². The van der Waals surface area contributed by atoms with Gasteiger partial charge in [-0.05, 0) is 79.4 Å². The second-order valence-corrected chi connectivity index (χ2v) is 7.14. The lowest BCUT2D eigenvalue weighted by molar-refractivity contribution is -0.00519. The summed E-state index contributed by atoms with van der Waals surface area (Å²) in [6, 6.07) is 8.15. The Labute approximate surface area is 114 Å². The lowest BCUT2D eigenvalue weighted by Gasteiger charge is -2.57. The van der Waals surface area contributed by atoms with Gasteiger partial charge >= 0.3 is 0 Å². The van der Waals surface area contributed by atoms with E-state index in [-0.39, 0.29) is 5.91 Å². The minimum atomic E-state index is -0.322. The summed E-state index contributed by atoms with van der Waals surface area (Å²) in [5, 5.41) is 0. The molecule has 0 radical (unpaired) electrons. The first-order valence-electron chi connectivity index (χ1n) is 7.55. The van der Waals surface area contributed by atoms with E-state index in [9.17, 15) is 4.79 Å². The van der Waals surface area contributed by atoms with Crippen molar-refractivity contribution in [1.82, 2.24) is 0 Å². The first kappa shape index (κ1) is 11.5. The second-order valence-electron chi connectivity index (χ2n) is 7.14. The van der Waals surface area contributed by atoms with Crippen molar-refractivity contribution >= 4 is 5.91 Å². The Hall–Kier alpha value is -1.31. The third-order valence-corrected chi connectivity index (χ3v) is 5.82. The first-order valence-corrected chi connectivity index (χ1v) is 7.55. The molecule has 5 rings (SSSR count). The fourth-order valence-electron chi connectivity index (χ4n) is 5.45. The molecule has 2 heteroatoms. The molecule has 19 heavy (non-hydrogen) atoms. The third-order valence-electron chi connectivity index (χ3n) is 5.82. The number of hydrogen-bond acceptors (Lipinski definition) is 1. The average Bonchev–Trinajstić information content (AvgIpc) is 2.37. The molecule has 0 aromatic heterocycles. The Morgan fingerprint density at radius 3 is 1.84 bits per heavy atom. The van der Waals surface area contributed by atoms with Gasteiger partial charge in [0.15, 0.2) is 0 Å². The smallest absolute Gasteiger partial charge is 0.248 e. The van der Waals surface area contributed by atoms with Crippen LogP contribution in [0.4, 0.5) is 0 Å². The Balaban J connectivity index is 1.69. The van der Waals surface area contributed by atoms with Crippen LogP contribution in [-0.4, -0.2) is 5.91 Å². The van der Waals surface area contributed by atoms with Crippen LogP contribution in [0.5, 0.6) is 0 Å². The number of amides is 1. The first-order chi connectivity index (χ1) is 9.14. The Bertz CT molecular complexity index is 481. The van der Waals surface area contributed by atoms with Gasteiger partial charge in [0.1, 0.15) is 0 Å². The zero-order chi connectivity index (χ0) is 13.0. The molecule has 1 amide bonds. The van der Waals surface area contributed by atoms with Gasteiger partial charge in [0.05, 0.1) is 0 Å². The summed E-state index contributed by atoms with van der Waals surface area (Å²) in [5.74, 6) is 2.56. The van der Waals surface area contributed by atoms with Gasteiger partial charge in [-0.15, -0.1) is 0 Å². The molecule has 4 saturated carbocycles. The van der Waals surface area contributed by atoms with Crippen LogP contribution in [0.1, 0.15) is 54.4 Å². The molecule has 0 atom stereocenters. The number of primary amides is 1. The summed E-state index contributed by atoms with van der Waals surface area (Å²) < 4.78 is 0. The maximum Gasteiger partial charge on any atom is 0.248 e. The van der Waals surface area contributed by atoms with E-state index in [1.165, 1.54) is 44.1 Å². The highest BCUT2D eigenvalue weighted by Gasteiger charge is 2.51. The Morgan fingerprint density at radius 1 is 0.947 bits per heavy atom. The minimum absolute atomic E-state index is 0.322. The fourth-order valence-corrected chi connectivity index (χ4v) is 5.45. The molecule has 0 unspecified atom stereocenters. The highest BCUT2D eigenvalue weighted by molar-refractivity contribution is 5.92. The highest BCUT2D eigenvalue weighted by atomic mass is 16.1. The molecule has 1 aromatic carbocycles. The van der Waals surface area contributed by atoms with Crippen molar-refractivity contribution in [2.24, 2.45) is 23.5 Å². The number of carbonyl (C=O) groups is 1. The maximum absolute atomic E-state index is 11.2. The van der Waals surface area contributed by atoms with E-state index in [0.29, 0.717) is 11.0 Å². The molecule has 0 spiro atoms. The summed E-state index contributed by atoms with van der Waals surface area (Å²) >= 11 is 0. The number of rotatable bonds is 2. The molecule has 0 aliphatic heterocycles. The number of benzene rings is 1. The van der Waals surface area contributed by atoms with E-state index in [1.807, 2.05) is 12.1 Å². The van der Waals surface area contributed by atoms with Gasteiger partial charge in [0, 0.05) is 5.56 Å². The molecule has 4 bridgehead atoms. The minimum Gasteiger partial charge on any atom is -0.366 e. The normalized spacial score (nSPS) is 39.5. The number of carbonyl (C=O) groups excluding carboxylic acids is 1. The van der Waals surface area contributed by atoms with Crippen LogP contribution in [-0.2, 0) is 5.41 Å². The highest BCUT2D eigenvalue weighted by Crippen LogP contribution is 2.60. The van der Waals surface area contributed by atoms with Crippen molar-refractivity contribution in [1.29, 1.82) is 0 Å². The molecule has 4 fully saturated rings. The van der Waals surface area contributed by atoms with Crippen molar-refractivity contribution in [2.45, 2.75) is 43.9 Å². The molecule has 2 nitrogen and oxygen atoms in total. The summed E-state index contributed by atoms with van der Waals surface area (Å²) in [5.41, 5.74) is 7.84. The summed E-state index contributed by atoms with van der Waals surface area (Å²) in [7, 11) is 0. The maximum atomic E-state index is 11.2. The van der Waals surface area contributed by atoms with E-state index in [2.05, 4.69) is 12.1 Å². The SMILES string of the molecule is NC(=O)c1ccc(C23CC4CC(CC(C4)C2)C3)cc1.